The second-order valence-electron chi connectivity index (χ2n) is 8.15. The molecule has 0 bridgehead atoms. The molecule has 0 atom stereocenters. The van der Waals surface area contributed by atoms with Gasteiger partial charge in [-0.05, 0) is 62.8 Å². The molecule has 7 heteroatoms. The van der Waals surface area contributed by atoms with Gasteiger partial charge in [-0.25, -0.2) is 4.39 Å². The quantitative estimate of drug-likeness (QED) is 0.738. The number of amides is 3. The zero-order valence-electron chi connectivity index (χ0n) is 18.1. The Bertz CT molecular complexity index is 974. The van der Waals surface area contributed by atoms with Crippen molar-refractivity contribution in [1.82, 2.24) is 10.2 Å². The number of carbonyl (C=O) groups excluding carboxylic acids is 3. The smallest absolute Gasteiger partial charge is 0.313 e. The van der Waals surface area contributed by atoms with E-state index in [9.17, 15) is 18.8 Å². The first-order valence-electron chi connectivity index (χ1n) is 10.5. The van der Waals surface area contributed by atoms with Crippen LogP contribution in [-0.4, -0.2) is 42.3 Å². The van der Waals surface area contributed by atoms with E-state index in [-0.39, 0.29) is 17.4 Å². The van der Waals surface area contributed by atoms with E-state index in [2.05, 4.69) is 10.6 Å². The third-order valence-electron chi connectivity index (χ3n) is 5.68. The minimum atomic E-state index is -0.692. The van der Waals surface area contributed by atoms with E-state index in [4.69, 9.17) is 0 Å². The Hall–Kier alpha value is -3.22. The molecule has 6 nitrogen and oxygen atoms in total. The molecule has 2 aromatic rings. The number of anilines is 1. The van der Waals surface area contributed by atoms with Crippen LogP contribution < -0.4 is 10.6 Å². The molecule has 0 aromatic heterocycles. The Morgan fingerprint density at radius 3 is 2.23 bits per heavy atom. The van der Waals surface area contributed by atoms with Crippen molar-refractivity contribution in [3.8, 4) is 0 Å². The first-order valence-corrected chi connectivity index (χ1v) is 10.5. The topological polar surface area (TPSA) is 78.5 Å². The van der Waals surface area contributed by atoms with Crippen LogP contribution in [0.1, 0.15) is 39.9 Å². The van der Waals surface area contributed by atoms with E-state index in [0.29, 0.717) is 38.2 Å². The number of nitrogens with one attached hydrogen (secondary N) is 2. The fourth-order valence-corrected chi connectivity index (χ4v) is 4.01. The highest BCUT2D eigenvalue weighted by atomic mass is 19.1. The van der Waals surface area contributed by atoms with Crippen molar-refractivity contribution in [2.75, 3.05) is 25.0 Å². The molecular weight excluding hydrogens is 397 g/mol. The van der Waals surface area contributed by atoms with Gasteiger partial charge in [0.1, 0.15) is 5.82 Å². The summed E-state index contributed by atoms with van der Waals surface area (Å²) in [6, 6.07) is 9.87. The fourth-order valence-electron chi connectivity index (χ4n) is 4.01. The molecule has 1 aliphatic rings. The number of hydrogen-bond acceptors (Lipinski definition) is 3. The van der Waals surface area contributed by atoms with Gasteiger partial charge < -0.3 is 15.5 Å². The van der Waals surface area contributed by atoms with Gasteiger partial charge in [0.05, 0.1) is 5.56 Å². The van der Waals surface area contributed by atoms with Crippen molar-refractivity contribution in [2.45, 2.75) is 33.6 Å². The summed E-state index contributed by atoms with van der Waals surface area (Å²) in [7, 11) is 0. The van der Waals surface area contributed by atoms with Gasteiger partial charge in [-0.2, -0.15) is 0 Å². The summed E-state index contributed by atoms with van der Waals surface area (Å²) in [5.41, 5.74) is 3.65. The maximum absolute atomic E-state index is 13.8. The van der Waals surface area contributed by atoms with E-state index in [1.165, 1.54) is 12.1 Å². The number of halogens is 1. The van der Waals surface area contributed by atoms with Gasteiger partial charge in [0.25, 0.3) is 5.91 Å². The van der Waals surface area contributed by atoms with Gasteiger partial charge >= 0.3 is 11.8 Å². The summed E-state index contributed by atoms with van der Waals surface area (Å²) < 4.78 is 13.8. The molecule has 0 unspecified atom stereocenters. The van der Waals surface area contributed by atoms with Crippen molar-refractivity contribution in [1.29, 1.82) is 0 Å². The number of nitrogens with zero attached hydrogens (tertiary/aromatic N) is 1. The third kappa shape index (κ3) is 5.48. The SMILES string of the molecule is Cc1cc(C)c(NC(=O)C(=O)NCC2CCN(C(=O)c3ccccc3F)CC2)c(C)c1. The zero-order valence-corrected chi connectivity index (χ0v) is 18.1. The molecular formula is C24H28FN3O3. The lowest BCUT2D eigenvalue weighted by Crippen LogP contribution is -2.43. The summed E-state index contributed by atoms with van der Waals surface area (Å²) in [5, 5.41) is 5.39. The number of piperidine rings is 1. The average molecular weight is 426 g/mol. The number of hydrogen-bond donors (Lipinski definition) is 2. The van der Waals surface area contributed by atoms with Crippen LogP contribution >= 0.6 is 0 Å². The largest absolute Gasteiger partial charge is 0.348 e. The maximum Gasteiger partial charge on any atom is 0.313 e. The highest BCUT2D eigenvalue weighted by Crippen LogP contribution is 2.22. The van der Waals surface area contributed by atoms with Crippen molar-refractivity contribution in [3.05, 3.63) is 64.5 Å². The lowest BCUT2D eigenvalue weighted by Gasteiger charge is -2.32. The third-order valence-corrected chi connectivity index (χ3v) is 5.68. The Morgan fingerprint density at radius 2 is 1.61 bits per heavy atom. The molecule has 1 aliphatic heterocycles. The lowest BCUT2D eigenvalue weighted by molar-refractivity contribution is -0.136. The molecule has 0 spiro atoms. The molecule has 164 valence electrons. The molecule has 1 heterocycles. The van der Waals surface area contributed by atoms with Crippen LogP contribution in [0.25, 0.3) is 0 Å². The van der Waals surface area contributed by atoms with Gasteiger partial charge in [-0.1, -0.05) is 29.8 Å². The summed E-state index contributed by atoms with van der Waals surface area (Å²) in [6.45, 7) is 7.10. The average Bonchev–Trinajstić information content (AvgIpc) is 2.74. The lowest BCUT2D eigenvalue weighted by atomic mass is 9.96. The Morgan fingerprint density at radius 1 is 1.00 bits per heavy atom. The summed E-state index contributed by atoms with van der Waals surface area (Å²) >= 11 is 0. The molecule has 3 rings (SSSR count). The van der Waals surface area contributed by atoms with E-state index in [1.807, 2.05) is 32.9 Å². The molecule has 0 radical (unpaired) electrons. The van der Waals surface area contributed by atoms with Crippen molar-refractivity contribution >= 4 is 23.4 Å². The highest BCUT2D eigenvalue weighted by Gasteiger charge is 2.26. The molecule has 2 N–H and O–H groups in total. The number of benzene rings is 2. The van der Waals surface area contributed by atoms with Gasteiger partial charge in [0, 0.05) is 25.3 Å². The minimum absolute atomic E-state index is 0.0765. The molecule has 0 saturated carbocycles. The van der Waals surface area contributed by atoms with Crippen LogP contribution in [0.2, 0.25) is 0 Å². The Labute approximate surface area is 181 Å². The Kier molecular flexibility index (Phi) is 7.05. The van der Waals surface area contributed by atoms with E-state index < -0.39 is 17.6 Å². The minimum Gasteiger partial charge on any atom is -0.348 e. The van der Waals surface area contributed by atoms with Gasteiger partial charge in [0.2, 0.25) is 0 Å². The molecule has 31 heavy (non-hydrogen) atoms. The second-order valence-corrected chi connectivity index (χ2v) is 8.15. The maximum atomic E-state index is 13.8. The fraction of sp³-hybridized carbons (Fsp3) is 0.375. The van der Waals surface area contributed by atoms with Crippen molar-refractivity contribution in [2.24, 2.45) is 5.92 Å². The monoisotopic (exact) mass is 425 g/mol. The van der Waals surface area contributed by atoms with Crippen LogP contribution in [-0.2, 0) is 9.59 Å². The predicted molar refractivity (Wildman–Crippen MR) is 117 cm³/mol. The summed E-state index contributed by atoms with van der Waals surface area (Å²) in [6.07, 6.45) is 1.36. The number of carbonyl (C=O) groups is 3. The van der Waals surface area contributed by atoms with Gasteiger partial charge in [0.15, 0.2) is 0 Å². The van der Waals surface area contributed by atoms with E-state index >= 15 is 0 Å². The van der Waals surface area contributed by atoms with E-state index in [1.54, 1.807) is 17.0 Å². The van der Waals surface area contributed by atoms with Crippen molar-refractivity contribution < 1.29 is 18.8 Å². The standard InChI is InChI=1S/C24H28FN3O3/c1-15-12-16(2)21(17(3)13-15)27-23(30)22(29)26-14-18-8-10-28(11-9-18)24(31)19-6-4-5-7-20(19)25/h4-7,12-13,18H,8-11,14H2,1-3H3,(H,26,29)(H,27,30). The van der Waals surface area contributed by atoms with Crippen LogP contribution in [0.5, 0.6) is 0 Å². The van der Waals surface area contributed by atoms with Crippen LogP contribution in [0.15, 0.2) is 36.4 Å². The van der Waals surface area contributed by atoms with Crippen LogP contribution in [0, 0.1) is 32.5 Å². The van der Waals surface area contributed by atoms with Crippen molar-refractivity contribution in [3.63, 3.8) is 0 Å². The number of aryl methyl sites for hydroxylation is 3. The molecule has 2 aromatic carbocycles. The van der Waals surface area contributed by atoms with Crippen LogP contribution in [0.3, 0.4) is 0 Å². The van der Waals surface area contributed by atoms with Crippen LogP contribution in [0.4, 0.5) is 10.1 Å². The normalized spacial score (nSPS) is 14.3. The predicted octanol–water partition coefficient (Wildman–Crippen LogP) is 3.36. The molecule has 1 fully saturated rings. The molecule has 1 saturated heterocycles. The van der Waals surface area contributed by atoms with Gasteiger partial charge in [-0.3, -0.25) is 14.4 Å². The van der Waals surface area contributed by atoms with E-state index in [0.717, 1.165) is 16.7 Å². The summed E-state index contributed by atoms with van der Waals surface area (Å²) in [5.74, 6) is -2.05. The second kappa shape index (κ2) is 9.73. The summed E-state index contributed by atoms with van der Waals surface area (Å²) in [4.78, 5) is 38.7. The van der Waals surface area contributed by atoms with Gasteiger partial charge in [-0.15, -0.1) is 0 Å². The highest BCUT2D eigenvalue weighted by molar-refractivity contribution is 6.39. The first-order chi connectivity index (χ1) is 14.8. The number of likely N-dealkylation sites (tertiary alicyclic amines) is 1. The molecule has 3 amide bonds. The zero-order chi connectivity index (χ0) is 22.5. The Balaban J connectivity index is 1.47. The number of rotatable bonds is 4. The molecule has 0 aliphatic carbocycles. The first kappa shape index (κ1) is 22.5.